The summed E-state index contributed by atoms with van der Waals surface area (Å²) in [6.07, 6.45) is 3.74. The van der Waals surface area contributed by atoms with Crippen molar-refractivity contribution in [3.63, 3.8) is 0 Å². The van der Waals surface area contributed by atoms with Gasteiger partial charge in [0.15, 0.2) is 5.96 Å². The summed E-state index contributed by atoms with van der Waals surface area (Å²) in [6, 6.07) is 4.97. The predicted molar refractivity (Wildman–Crippen MR) is 130 cm³/mol. The number of hydrogen-bond acceptors (Lipinski definition) is 4. The van der Waals surface area contributed by atoms with Crippen LogP contribution in [0.1, 0.15) is 44.0 Å². The van der Waals surface area contributed by atoms with Crippen LogP contribution in [-0.4, -0.2) is 68.7 Å². The third-order valence-electron chi connectivity index (χ3n) is 5.80. The lowest BCUT2D eigenvalue weighted by Crippen LogP contribution is -2.41. The fourth-order valence-electron chi connectivity index (χ4n) is 4.44. The first kappa shape index (κ1) is 23.9. The topological polar surface area (TPSA) is 40.1 Å². The van der Waals surface area contributed by atoms with E-state index in [-0.39, 0.29) is 24.0 Å². The van der Waals surface area contributed by atoms with Gasteiger partial charge in [0.1, 0.15) is 0 Å². The summed E-state index contributed by atoms with van der Waals surface area (Å²) >= 11 is 1.88. The van der Waals surface area contributed by atoms with E-state index in [0.29, 0.717) is 17.9 Å². The second-order valence-electron chi connectivity index (χ2n) is 7.80. The minimum atomic E-state index is 0. The zero-order chi connectivity index (χ0) is 19.1. The molecule has 0 spiro atoms. The minimum Gasteiger partial charge on any atom is -0.381 e. The van der Waals surface area contributed by atoms with E-state index in [1.807, 2.05) is 11.3 Å². The maximum atomic E-state index is 5.64. The first-order chi connectivity index (χ1) is 13.2. The normalized spacial score (nSPS) is 26.3. The molecule has 0 radical (unpaired) electrons. The Kier molecular flexibility index (Phi) is 10.5. The Morgan fingerprint density at radius 2 is 2.18 bits per heavy atom. The summed E-state index contributed by atoms with van der Waals surface area (Å²) in [5, 5.41) is 5.73. The number of nitrogens with zero attached hydrogens (tertiary/aromatic N) is 3. The molecule has 3 heterocycles. The minimum absolute atomic E-state index is 0. The van der Waals surface area contributed by atoms with Gasteiger partial charge in [0, 0.05) is 49.6 Å². The van der Waals surface area contributed by atoms with Gasteiger partial charge in [0.2, 0.25) is 0 Å². The lowest BCUT2D eigenvalue weighted by molar-refractivity contribution is 0.114. The highest BCUT2D eigenvalue weighted by Gasteiger charge is 2.31. The Morgan fingerprint density at radius 3 is 2.89 bits per heavy atom. The summed E-state index contributed by atoms with van der Waals surface area (Å²) in [5.74, 6) is 2.32. The van der Waals surface area contributed by atoms with Gasteiger partial charge in [-0.1, -0.05) is 6.07 Å². The fourth-order valence-corrected chi connectivity index (χ4v) is 5.42. The first-order valence-corrected chi connectivity index (χ1v) is 11.5. The molecule has 3 atom stereocenters. The van der Waals surface area contributed by atoms with E-state index in [2.05, 4.69) is 53.5 Å². The fraction of sp³-hybridized carbons (Fsp3) is 0.762. The van der Waals surface area contributed by atoms with Crippen molar-refractivity contribution in [1.82, 2.24) is 15.1 Å². The molecule has 2 aliphatic rings. The molecule has 2 aliphatic heterocycles. The van der Waals surface area contributed by atoms with Gasteiger partial charge in [0.25, 0.3) is 0 Å². The number of hydrogen-bond donors (Lipinski definition) is 1. The van der Waals surface area contributed by atoms with Gasteiger partial charge in [-0.25, -0.2) is 0 Å². The Labute approximate surface area is 191 Å². The Balaban J connectivity index is 0.00000280. The van der Waals surface area contributed by atoms with Crippen molar-refractivity contribution < 1.29 is 4.74 Å². The lowest BCUT2D eigenvalue weighted by atomic mass is 9.88. The summed E-state index contributed by atoms with van der Waals surface area (Å²) in [4.78, 5) is 11.5. The number of nitrogens with one attached hydrogen (secondary N) is 1. The molecule has 1 aromatic heterocycles. The maximum Gasteiger partial charge on any atom is 0.193 e. The van der Waals surface area contributed by atoms with Gasteiger partial charge in [-0.3, -0.25) is 9.89 Å². The first-order valence-electron chi connectivity index (χ1n) is 10.6. The molecule has 0 amide bonds. The molecule has 0 aromatic carbocycles. The SMILES string of the molecule is CCNC(=NCC1CCCN(C)C1c1cccs1)N1CCC(COCC)C1.I. The quantitative estimate of drug-likeness (QED) is 0.334. The lowest BCUT2D eigenvalue weighted by Gasteiger charge is -2.38. The van der Waals surface area contributed by atoms with Crippen molar-refractivity contribution in [1.29, 1.82) is 0 Å². The number of ether oxygens (including phenoxy) is 1. The number of likely N-dealkylation sites (tertiary alicyclic amines) is 2. The largest absolute Gasteiger partial charge is 0.381 e. The zero-order valence-corrected chi connectivity index (χ0v) is 20.7. The van der Waals surface area contributed by atoms with Crippen molar-refractivity contribution in [2.75, 3.05) is 53.0 Å². The number of rotatable bonds is 7. The smallest absolute Gasteiger partial charge is 0.193 e. The van der Waals surface area contributed by atoms with E-state index < -0.39 is 0 Å². The van der Waals surface area contributed by atoms with Crippen LogP contribution in [0, 0.1) is 11.8 Å². The van der Waals surface area contributed by atoms with Crippen LogP contribution in [0.15, 0.2) is 22.5 Å². The molecule has 2 saturated heterocycles. The van der Waals surface area contributed by atoms with Gasteiger partial charge in [0.05, 0.1) is 6.61 Å². The van der Waals surface area contributed by atoms with Gasteiger partial charge in [-0.2, -0.15) is 0 Å². The molecule has 1 aromatic rings. The van der Waals surface area contributed by atoms with Crippen LogP contribution in [0.5, 0.6) is 0 Å². The molecule has 0 saturated carbocycles. The summed E-state index contributed by atoms with van der Waals surface area (Å²) in [6.45, 7) is 11.1. The van der Waals surface area contributed by atoms with E-state index in [4.69, 9.17) is 9.73 Å². The molecular formula is C21H37IN4OS. The summed E-state index contributed by atoms with van der Waals surface area (Å²) in [7, 11) is 2.27. The molecule has 28 heavy (non-hydrogen) atoms. The number of guanidine groups is 1. The molecule has 0 aliphatic carbocycles. The highest BCUT2D eigenvalue weighted by molar-refractivity contribution is 14.0. The molecule has 7 heteroatoms. The van der Waals surface area contributed by atoms with Crippen LogP contribution in [0.4, 0.5) is 0 Å². The van der Waals surface area contributed by atoms with Crippen LogP contribution in [0.25, 0.3) is 0 Å². The molecule has 0 bridgehead atoms. The van der Waals surface area contributed by atoms with Crippen molar-refractivity contribution in [3.8, 4) is 0 Å². The second kappa shape index (κ2) is 12.3. The van der Waals surface area contributed by atoms with Crippen LogP contribution in [0.3, 0.4) is 0 Å². The number of piperidine rings is 1. The Morgan fingerprint density at radius 1 is 1.32 bits per heavy atom. The van der Waals surface area contributed by atoms with Gasteiger partial charge in [-0.05, 0) is 64.1 Å². The summed E-state index contributed by atoms with van der Waals surface area (Å²) < 4.78 is 5.64. The predicted octanol–water partition coefficient (Wildman–Crippen LogP) is 4.07. The molecule has 160 valence electrons. The molecule has 3 unspecified atom stereocenters. The monoisotopic (exact) mass is 520 g/mol. The third kappa shape index (κ3) is 6.31. The Bertz CT molecular complexity index is 583. The Hall–Kier alpha value is -0.380. The highest BCUT2D eigenvalue weighted by Crippen LogP contribution is 2.37. The average Bonchev–Trinajstić information content (AvgIpc) is 3.35. The van der Waals surface area contributed by atoms with Crippen LogP contribution < -0.4 is 5.32 Å². The maximum absolute atomic E-state index is 5.64. The molecule has 5 nitrogen and oxygen atoms in total. The van der Waals surface area contributed by atoms with Crippen molar-refractivity contribution in [2.45, 2.75) is 39.2 Å². The van der Waals surface area contributed by atoms with E-state index in [1.54, 1.807) is 0 Å². The standard InChI is InChI=1S/C21H36N4OS.HI/c1-4-22-21(25-12-10-17(15-25)16-26-5-2)23-14-18-8-6-11-24(3)20(18)19-9-7-13-27-19;/h7,9,13,17-18,20H,4-6,8,10-12,14-16H2,1-3H3,(H,22,23);1H. The van der Waals surface area contributed by atoms with E-state index >= 15 is 0 Å². The highest BCUT2D eigenvalue weighted by atomic mass is 127. The molecule has 3 rings (SSSR count). The molecule has 1 N–H and O–H groups in total. The zero-order valence-electron chi connectivity index (χ0n) is 17.6. The second-order valence-corrected chi connectivity index (χ2v) is 8.78. The van der Waals surface area contributed by atoms with Crippen molar-refractivity contribution in [3.05, 3.63) is 22.4 Å². The van der Waals surface area contributed by atoms with Crippen LogP contribution in [0.2, 0.25) is 0 Å². The van der Waals surface area contributed by atoms with Gasteiger partial charge >= 0.3 is 0 Å². The molecule has 2 fully saturated rings. The van der Waals surface area contributed by atoms with E-state index in [1.165, 1.54) is 30.7 Å². The van der Waals surface area contributed by atoms with E-state index in [9.17, 15) is 0 Å². The number of aliphatic imine (C=N–C) groups is 1. The van der Waals surface area contributed by atoms with Crippen LogP contribution in [-0.2, 0) is 4.74 Å². The van der Waals surface area contributed by atoms with Gasteiger partial charge in [-0.15, -0.1) is 35.3 Å². The molecular weight excluding hydrogens is 483 g/mol. The number of thiophene rings is 1. The van der Waals surface area contributed by atoms with Gasteiger partial charge < -0.3 is 15.0 Å². The third-order valence-corrected chi connectivity index (χ3v) is 6.74. The van der Waals surface area contributed by atoms with E-state index in [0.717, 1.165) is 45.4 Å². The van der Waals surface area contributed by atoms with Crippen molar-refractivity contribution in [2.24, 2.45) is 16.8 Å². The number of halogens is 1. The summed E-state index contributed by atoms with van der Waals surface area (Å²) in [5.41, 5.74) is 0. The average molecular weight is 521 g/mol. The van der Waals surface area contributed by atoms with Crippen LogP contribution >= 0.6 is 35.3 Å². The van der Waals surface area contributed by atoms with Crippen molar-refractivity contribution >= 4 is 41.3 Å².